The molecule has 0 spiro atoms. The Morgan fingerprint density at radius 1 is 1.00 bits per heavy atom. The molecule has 25 heavy (non-hydrogen) atoms. The molecule has 0 radical (unpaired) electrons. The number of carbonyl (C=O) groups is 2. The number of amides is 2. The Hall–Kier alpha value is -2.01. The fourth-order valence-electron chi connectivity index (χ4n) is 2.69. The van der Waals surface area contributed by atoms with E-state index < -0.39 is 6.04 Å². The van der Waals surface area contributed by atoms with E-state index in [1.165, 1.54) is 0 Å². The van der Waals surface area contributed by atoms with E-state index in [4.69, 9.17) is 34.8 Å². The minimum Gasteiger partial charge on any atom is -0.327 e. The van der Waals surface area contributed by atoms with Crippen LogP contribution >= 0.6 is 34.8 Å². The highest BCUT2D eigenvalue weighted by atomic mass is 35.5. The summed E-state index contributed by atoms with van der Waals surface area (Å²) in [6.07, 6.45) is 0. The lowest BCUT2D eigenvalue weighted by Gasteiger charge is -2.29. The molecule has 2 aromatic carbocycles. The molecule has 1 aliphatic heterocycles. The molecule has 0 unspecified atom stereocenters. The van der Waals surface area contributed by atoms with Crippen LogP contribution in [0.2, 0.25) is 15.1 Å². The van der Waals surface area contributed by atoms with E-state index in [0.717, 1.165) is 0 Å². The monoisotopic (exact) mass is 394 g/mol. The highest BCUT2D eigenvalue weighted by Gasteiger charge is 2.31. The van der Waals surface area contributed by atoms with E-state index in [0.29, 0.717) is 37.5 Å². The molecule has 2 aromatic rings. The molecule has 128 valence electrons. The lowest BCUT2D eigenvalue weighted by atomic mass is 9.89. The van der Waals surface area contributed by atoms with Gasteiger partial charge in [-0.25, -0.2) is 4.79 Å². The van der Waals surface area contributed by atoms with Crippen molar-refractivity contribution in [3.05, 3.63) is 79.9 Å². The summed E-state index contributed by atoms with van der Waals surface area (Å²) in [5, 5.41) is 6.70. The SMILES string of the molecule is CC1=C(C(=O)c2ccc(Cl)cc2)[C@H](c2ccc(Cl)c(Cl)c2)NC(=O)N1. The number of nitrogens with one attached hydrogen (secondary N) is 2. The average Bonchev–Trinajstić information content (AvgIpc) is 2.57. The molecule has 1 aliphatic rings. The number of benzene rings is 2. The summed E-state index contributed by atoms with van der Waals surface area (Å²) in [6, 6.07) is 10.6. The minimum absolute atomic E-state index is 0.210. The van der Waals surface area contributed by atoms with Crippen LogP contribution in [0.25, 0.3) is 0 Å². The molecular formula is C18H13Cl3N2O2. The van der Waals surface area contributed by atoms with Crippen molar-refractivity contribution in [2.24, 2.45) is 0 Å². The molecule has 7 heteroatoms. The summed E-state index contributed by atoms with van der Waals surface area (Å²) in [6.45, 7) is 1.69. The Morgan fingerprint density at radius 3 is 2.32 bits per heavy atom. The third-order valence-electron chi connectivity index (χ3n) is 3.90. The summed E-state index contributed by atoms with van der Waals surface area (Å²) in [5.41, 5.74) is 2.06. The second-order valence-electron chi connectivity index (χ2n) is 5.58. The van der Waals surface area contributed by atoms with Crippen molar-refractivity contribution >= 4 is 46.6 Å². The Balaban J connectivity index is 2.07. The van der Waals surface area contributed by atoms with Gasteiger partial charge >= 0.3 is 6.03 Å². The zero-order valence-corrected chi connectivity index (χ0v) is 15.3. The van der Waals surface area contributed by atoms with Gasteiger partial charge < -0.3 is 10.6 Å². The molecule has 3 rings (SSSR count). The number of halogens is 3. The van der Waals surface area contributed by atoms with Gasteiger partial charge in [0.1, 0.15) is 0 Å². The van der Waals surface area contributed by atoms with Gasteiger partial charge in [-0.2, -0.15) is 0 Å². The zero-order chi connectivity index (χ0) is 18.1. The summed E-state index contributed by atoms with van der Waals surface area (Å²) in [4.78, 5) is 24.9. The molecule has 1 heterocycles. The lowest BCUT2D eigenvalue weighted by molar-refractivity contribution is 0.102. The van der Waals surface area contributed by atoms with Crippen LogP contribution in [0, 0.1) is 0 Å². The molecule has 0 bridgehead atoms. The van der Waals surface area contributed by atoms with E-state index in [-0.39, 0.29) is 11.8 Å². The second kappa shape index (κ2) is 7.08. The zero-order valence-electron chi connectivity index (χ0n) is 13.1. The number of hydrogen-bond acceptors (Lipinski definition) is 2. The number of carbonyl (C=O) groups excluding carboxylic acids is 2. The number of hydrogen-bond donors (Lipinski definition) is 2. The van der Waals surface area contributed by atoms with Crippen LogP contribution in [0.15, 0.2) is 53.7 Å². The van der Waals surface area contributed by atoms with E-state index in [1.807, 2.05) is 0 Å². The minimum atomic E-state index is -0.633. The van der Waals surface area contributed by atoms with Gasteiger partial charge in [-0.1, -0.05) is 40.9 Å². The predicted molar refractivity (Wildman–Crippen MR) is 99.4 cm³/mol. The van der Waals surface area contributed by atoms with Crippen molar-refractivity contribution in [1.29, 1.82) is 0 Å². The van der Waals surface area contributed by atoms with Crippen LogP contribution in [0.4, 0.5) is 4.79 Å². The van der Waals surface area contributed by atoms with Crippen molar-refractivity contribution in [2.75, 3.05) is 0 Å². The molecule has 1 atom stereocenters. The van der Waals surface area contributed by atoms with Crippen LogP contribution in [0.1, 0.15) is 28.9 Å². The Labute approximate surface area is 159 Å². The van der Waals surface area contributed by atoms with Gasteiger partial charge in [0, 0.05) is 21.9 Å². The maximum Gasteiger partial charge on any atom is 0.319 e. The fraction of sp³-hybridized carbons (Fsp3) is 0.111. The summed E-state index contributed by atoms with van der Waals surface area (Å²) < 4.78 is 0. The summed E-state index contributed by atoms with van der Waals surface area (Å²) in [7, 11) is 0. The highest BCUT2D eigenvalue weighted by molar-refractivity contribution is 6.42. The van der Waals surface area contributed by atoms with E-state index in [1.54, 1.807) is 49.4 Å². The molecule has 4 nitrogen and oxygen atoms in total. The molecule has 0 fully saturated rings. The van der Waals surface area contributed by atoms with Crippen LogP contribution in [-0.2, 0) is 0 Å². The summed E-state index contributed by atoms with van der Waals surface area (Å²) >= 11 is 17.9. The Bertz CT molecular complexity index is 892. The van der Waals surface area contributed by atoms with Gasteiger partial charge in [-0.15, -0.1) is 0 Å². The first-order valence-corrected chi connectivity index (χ1v) is 8.53. The molecule has 0 saturated heterocycles. The molecule has 0 aliphatic carbocycles. The average molecular weight is 396 g/mol. The number of ketones is 1. The summed E-state index contributed by atoms with van der Waals surface area (Å²) in [5.74, 6) is -0.210. The quantitative estimate of drug-likeness (QED) is 0.705. The second-order valence-corrected chi connectivity index (χ2v) is 6.83. The van der Waals surface area contributed by atoms with Gasteiger partial charge in [0.05, 0.1) is 16.1 Å². The van der Waals surface area contributed by atoms with Crippen LogP contribution in [0.3, 0.4) is 0 Å². The van der Waals surface area contributed by atoms with Gasteiger partial charge in [0.25, 0.3) is 0 Å². The van der Waals surface area contributed by atoms with Gasteiger partial charge in [-0.3, -0.25) is 4.79 Å². The van der Waals surface area contributed by atoms with Crippen molar-refractivity contribution in [3.63, 3.8) is 0 Å². The van der Waals surface area contributed by atoms with E-state index in [9.17, 15) is 9.59 Å². The van der Waals surface area contributed by atoms with Gasteiger partial charge in [-0.05, 0) is 48.9 Å². The smallest absolute Gasteiger partial charge is 0.319 e. The first kappa shape index (κ1) is 17.8. The number of allylic oxidation sites excluding steroid dienone is 1. The van der Waals surface area contributed by atoms with Gasteiger partial charge in [0.15, 0.2) is 5.78 Å². The van der Waals surface area contributed by atoms with Crippen LogP contribution in [0.5, 0.6) is 0 Å². The van der Waals surface area contributed by atoms with Gasteiger partial charge in [0.2, 0.25) is 0 Å². The first-order valence-electron chi connectivity index (χ1n) is 7.40. The molecule has 0 aromatic heterocycles. The molecular weight excluding hydrogens is 383 g/mol. The number of Topliss-reactive ketones (excluding diaryl/α,β-unsaturated/α-hetero) is 1. The fourth-order valence-corrected chi connectivity index (χ4v) is 3.13. The maximum atomic E-state index is 13.0. The van der Waals surface area contributed by atoms with Crippen LogP contribution < -0.4 is 10.6 Å². The molecule has 2 N–H and O–H groups in total. The third-order valence-corrected chi connectivity index (χ3v) is 4.89. The lowest BCUT2D eigenvalue weighted by Crippen LogP contribution is -2.45. The highest BCUT2D eigenvalue weighted by Crippen LogP contribution is 2.33. The standard InChI is InChI=1S/C18H13Cl3N2O2/c1-9-15(17(24)10-2-5-12(19)6-3-10)16(23-18(25)22-9)11-4-7-13(20)14(21)8-11/h2-8,16H,1H3,(H2,22,23,25)/t16-/m0/s1. The number of urea groups is 1. The van der Waals surface area contributed by atoms with E-state index in [2.05, 4.69) is 10.6 Å². The van der Waals surface area contributed by atoms with Crippen molar-refractivity contribution in [3.8, 4) is 0 Å². The third kappa shape index (κ3) is 3.66. The topological polar surface area (TPSA) is 58.2 Å². The normalized spacial score (nSPS) is 17.1. The molecule has 2 amide bonds. The first-order chi connectivity index (χ1) is 11.9. The predicted octanol–water partition coefficient (Wildman–Crippen LogP) is 5.16. The van der Waals surface area contributed by atoms with E-state index >= 15 is 0 Å². The van der Waals surface area contributed by atoms with Crippen LogP contribution in [-0.4, -0.2) is 11.8 Å². The van der Waals surface area contributed by atoms with Crippen molar-refractivity contribution in [1.82, 2.24) is 10.6 Å². The Morgan fingerprint density at radius 2 is 1.68 bits per heavy atom. The largest absolute Gasteiger partial charge is 0.327 e. The number of rotatable bonds is 3. The maximum absolute atomic E-state index is 13.0. The van der Waals surface area contributed by atoms with Crippen molar-refractivity contribution in [2.45, 2.75) is 13.0 Å². The molecule has 0 saturated carbocycles. The Kier molecular flexibility index (Phi) is 5.04. The van der Waals surface area contributed by atoms with Crippen molar-refractivity contribution < 1.29 is 9.59 Å².